The Hall–Kier alpha value is -0.580. The molecule has 0 aliphatic carbocycles. The molecule has 17 heavy (non-hydrogen) atoms. The summed E-state index contributed by atoms with van der Waals surface area (Å²) in [7, 11) is 6.18. The fourth-order valence-electron chi connectivity index (χ4n) is 1.68. The summed E-state index contributed by atoms with van der Waals surface area (Å²) in [5.41, 5.74) is 2.05. The molecule has 0 amide bonds. The molecule has 0 bridgehead atoms. The lowest BCUT2D eigenvalue weighted by Crippen LogP contribution is -2.29. The first kappa shape index (κ1) is 14.5. The van der Waals surface area contributed by atoms with Gasteiger partial charge in [0, 0.05) is 35.9 Å². The van der Waals surface area contributed by atoms with Crippen LogP contribution in [0, 0.1) is 0 Å². The minimum absolute atomic E-state index is 0.454. The van der Waals surface area contributed by atoms with Crippen LogP contribution in [-0.4, -0.2) is 44.2 Å². The van der Waals surface area contributed by atoms with Crippen molar-refractivity contribution in [2.24, 2.45) is 0 Å². The van der Waals surface area contributed by atoms with Crippen LogP contribution in [0.25, 0.3) is 0 Å². The second-order valence-corrected chi connectivity index (χ2v) is 5.52. The number of anilines is 1. The Bertz CT molecular complexity index is 366. The van der Waals surface area contributed by atoms with E-state index in [0.29, 0.717) is 0 Å². The van der Waals surface area contributed by atoms with E-state index < -0.39 is 6.10 Å². The van der Waals surface area contributed by atoms with Crippen LogP contribution in [0.5, 0.6) is 0 Å². The lowest BCUT2D eigenvalue weighted by molar-refractivity contribution is 0.199. The first-order valence-electron chi connectivity index (χ1n) is 5.75. The van der Waals surface area contributed by atoms with Gasteiger partial charge in [-0.05, 0) is 39.2 Å². The van der Waals surface area contributed by atoms with Crippen LogP contribution in [0.4, 0.5) is 5.69 Å². The van der Waals surface area contributed by atoms with E-state index in [-0.39, 0.29) is 0 Å². The molecule has 1 N–H and O–H groups in total. The minimum Gasteiger partial charge on any atom is -0.389 e. The quantitative estimate of drug-likeness (QED) is 0.905. The van der Waals surface area contributed by atoms with Gasteiger partial charge in [0.2, 0.25) is 0 Å². The smallest absolute Gasteiger partial charge is 0.0782 e. The summed E-state index contributed by atoms with van der Waals surface area (Å²) >= 11 is 3.44. The largest absolute Gasteiger partial charge is 0.389 e. The molecule has 0 aliphatic rings. The third-order valence-electron chi connectivity index (χ3n) is 2.73. The average molecular weight is 301 g/mol. The summed E-state index contributed by atoms with van der Waals surface area (Å²) in [4.78, 5) is 4.33. The number of benzene rings is 1. The Balaban J connectivity index is 2.88. The second-order valence-electron chi connectivity index (χ2n) is 4.60. The third kappa shape index (κ3) is 4.30. The maximum absolute atomic E-state index is 9.80. The van der Waals surface area contributed by atoms with Crippen LogP contribution >= 0.6 is 15.9 Å². The van der Waals surface area contributed by atoms with Crippen molar-refractivity contribution in [3.8, 4) is 0 Å². The molecule has 96 valence electrons. The van der Waals surface area contributed by atoms with Crippen LogP contribution in [0.3, 0.4) is 0 Å². The van der Waals surface area contributed by atoms with E-state index in [2.05, 4.69) is 46.9 Å². The highest BCUT2D eigenvalue weighted by atomic mass is 79.9. The lowest BCUT2D eigenvalue weighted by atomic mass is 10.1. The maximum atomic E-state index is 9.80. The van der Waals surface area contributed by atoms with Crippen molar-refractivity contribution >= 4 is 21.6 Å². The molecule has 0 aromatic heterocycles. The summed E-state index contributed by atoms with van der Waals surface area (Å²) in [6.07, 6.45) is -0.454. The number of hydrogen-bond donors (Lipinski definition) is 1. The topological polar surface area (TPSA) is 26.7 Å². The highest BCUT2D eigenvalue weighted by Gasteiger charge is 2.12. The number of aliphatic hydroxyl groups excluding tert-OH is 1. The van der Waals surface area contributed by atoms with Crippen LogP contribution in [-0.2, 0) is 0 Å². The zero-order valence-electron chi connectivity index (χ0n) is 10.9. The number of halogens is 1. The van der Waals surface area contributed by atoms with E-state index in [1.807, 2.05) is 18.2 Å². The fraction of sp³-hybridized carbons (Fsp3) is 0.538. The van der Waals surface area contributed by atoms with Crippen LogP contribution in [0.1, 0.15) is 18.6 Å². The number of nitrogens with zero attached hydrogens (tertiary/aromatic N) is 2. The molecule has 4 heteroatoms. The molecule has 1 atom stereocenters. The van der Waals surface area contributed by atoms with Crippen molar-refractivity contribution in [3.05, 3.63) is 28.2 Å². The zero-order valence-corrected chi connectivity index (χ0v) is 12.5. The summed E-state index contributed by atoms with van der Waals surface area (Å²) in [6.45, 7) is 3.73. The number of likely N-dealkylation sites (N-methyl/N-ethyl adjacent to an activating group) is 2. The normalized spacial score (nSPS) is 12.9. The van der Waals surface area contributed by atoms with Gasteiger partial charge >= 0.3 is 0 Å². The molecule has 1 aromatic carbocycles. The molecule has 0 aliphatic heterocycles. The molecule has 1 rings (SSSR count). The predicted molar refractivity (Wildman–Crippen MR) is 76.6 cm³/mol. The molecule has 0 saturated heterocycles. The molecular formula is C13H21BrN2O. The number of rotatable bonds is 5. The van der Waals surface area contributed by atoms with Gasteiger partial charge in [-0.15, -0.1) is 0 Å². The Morgan fingerprint density at radius 2 is 1.88 bits per heavy atom. The summed E-state index contributed by atoms with van der Waals surface area (Å²) in [5.74, 6) is 0. The zero-order chi connectivity index (χ0) is 13.0. The van der Waals surface area contributed by atoms with Gasteiger partial charge in [0.15, 0.2) is 0 Å². The fourth-order valence-corrected chi connectivity index (χ4v) is 2.06. The van der Waals surface area contributed by atoms with E-state index in [9.17, 15) is 5.11 Å². The Kier molecular flexibility index (Phi) is 5.43. The van der Waals surface area contributed by atoms with Crippen molar-refractivity contribution in [3.63, 3.8) is 0 Å². The SMILES string of the molecule is CC(O)c1cc(Br)ccc1N(C)CCN(C)C. The highest BCUT2D eigenvalue weighted by Crippen LogP contribution is 2.28. The molecule has 0 spiro atoms. The molecular weight excluding hydrogens is 280 g/mol. The van der Waals surface area contributed by atoms with Crippen molar-refractivity contribution in [2.45, 2.75) is 13.0 Å². The average Bonchev–Trinajstić information content (AvgIpc) is 2.25. The monoisotopic (exact) mass is 300 g/mol. The highest BCUT2D eigenvalue weighted by molar-refractivity contribution is 9.10. The van der Waals surface area contributed by atoms with Crippen LogP contribution < -0.4 is 4.90 Å². The summed E-state index contributed by atoms with van der Waals surface area (Å²) in [5, 5.41) is 9.80. The Morgan fingerprint density at radius 3 is 2.41 bits per heavy atom. The first-order chi connectivity index (χ1) is 7.91. The lowest BCUT2D eigenvalue weighted by Gasteiger charge is -2.25. The van der Waals surface area contributed by atoms with Gasteiger partial charge in [-0.2, -0.15) is 0 Å². The van der Waals surface area contributed by atoms with Crippen LogP contribution in [0.15, 0.2) is 22.7 Å². The second kappa shape index (κ2) is 6.38. The molecule has 0 heterocycles. The predicted octanol–water partition coefficient (Wildman–Crippen LogP) is 2.50. The van der Waals surface area contributed by atoms with Gasteiger partial charge in [-0.1, -0.05) is 15.9 Å². The van der Waals surface area contributed by atoms with Crippen molar-refractivity contribution in [1.29, 1.82) is 0 Å². The van der Waals surface area contributed by atoms with Crippen molar-refractivity contribution < 1.29 is 5.11 Å². The molecule has 0 radical (unpaired) electrons. The van der Waals surface area contributed by atoms with Gasteiger partial charge in [0.05, 0.1) is 6.10 Å². The number of aliphatic hydroxyl groups is 1. The van der Waals surface area contributed by atoms with Crippen molar-refractivity contribution in [1.82, 2.24) is 4.90 Å². The Labute approximate surface area is 112 Å². The third-order valence-corrected chi connectivity index (χ3v) is 3.23. The first-order valence-corrected chi connectivity index (χ1v) is 6.54. The molecule has 1 unspecified atom stereocenters. The molecule has 0 fully saturated rings. The van der Waals surface area contributed by atoms with E-state index in [1.54, 1.807) is 6.92 Å². The van der Waals surface area contributed by atoms with Gasteiger partial charge < -0.3 is 14.9 Å². The number of hydrogen-bond acceptors (Lipinski definition) is 3. The van der Waals surface area contributed by atoms with E-state index in [0.717, 1.165) is 28.8 Å². The van der Waals surface area contributed by atoms with E-state index in [1.165, 1.54) is 0 Å². The molecule has 1 aromatic rings. The van der Waals surface area contributed by atoms with Gasteiger partial charge in [0.1, 0.15) is 0 Å². The maximum Gasteiger partial charge on any atom is 0.0782 e. The van der Waals surface area contributed by atoms with Gasteiger partial charge in [-0.25, -0.2) is 0 Å². The summed E-state index contributed by atoms with van der Waals surface area (Å²) in [6, 6.07) is 6.03. The molecule has 3 nitrogen and oxygen atoms in total. The molecule has 0 saturated carbocycles. The van der Waals surface area contributed by atoms with Gasteiger partial charge in [-0.3, -0.25) is 0 Å². The van der Waals surface area contributed by atoms with Gasteiger partial charge in [0.25, 0.3) is 0 Å². The van der Waals surface area contributed by atoms with Crippen molar-refractivity contribution in [2.75, 3.05) is 39.1 Å². The van der Waals surface area contributed by atoms with E-state index in [4.69, 9.17) is 0 Å². The van der Waals surface area contributed by atoms with Crippen LogP contribution in [0.2, 0.25) is 0 Å². The van der Waals surface area contributed by atoms with E-state index >= 15 is 0 Å². The Morgan fingerprint density at radius 1 is 1.24 bits per heavy atom. The standard InChI is InChI=1S/C13H21BrN2O/c1-10(17)12-9-11(14)5-6-13(12)16(4)8-7-15(2)3/h5-6,9-10,17H,7-8H2,1-4H3. The minimum atomic E-state index is -0.454. The summed E-state index contributed by atoms with van der Waals surface area (Å²) < 4.78 is 0.998.